The molecular weight excluding hydrogens is 304 g/mol. The van der Waals surface area contributed by atoms with Crippen LogP contribution in [0.5, 0.6) is 0 Å². The van der Waals surface area contributed by atoms with Crippen LogP contribution in [0, 0.1) is 12.8 Å². The number of carbonyl (C=O) groups is 2. The van der Waals surface area contributed by atoms with E-state index < -0.39 is 11.7 Å². The van der Waals surface area contributed by atoms with Gasteiger partial charge < -0.3 is 15.0 Å². The van der Waals surface area contributed by atoms with Gasteiger partial charge in [-0.15, -0.1) is 0 Å². The first kappa shape index (κ1) is 18.3. The SMILES string of the molecule is Cc1ccc(C(=O)N2CC[C@@H](NC(=O)OC(C)(C)C)[C@H](C)C2)cc1. The van der Waals surface area contributed by atoms with E-state index in [9.17, 15) is 9.59 Å². The van der Waals surface area contributed by atoms with Gasteiger partial charge in [0, 0.05) is 24.7 Å². The second-order valence-electron chi connectivity index (χ2n) is 7.64. The number of alkyl carbamates (subject to hydrolysis) is 1. The highest BCUT2D eigenvalue weighted by atomic mass is 16.6. The van der Waals surface area contributed by atoms with E-state index in [1.54, 1.807) is 0 Å². The van der Waals surface area contributed by atoms with E-state index in [-0.39, 0.29) is 17.9 Å². The van der Waals surface area contributed by atoms with Crippen molar-refractivity contribution < 1.29 is 14.3 Å². The van der Waals surface area contributed by atoms with Gasteiger partial charge in [0.1, 0.15) is 5.60 Å². The average Bonchev–Trinajstić information content (AvgIpc) is 2.47. The summed E-state index contributed by atoms with van der Waals surface area (Å²) in [5.41, 5.74) is 1.35. The Bertz CT molecular complexity index is 590. The number of hydrogen-bond acceptors (Lipinski definition) is 3. The molecule has 1 heterocycles. The van der Waals surface area contributed by atoms with E-state index >= 15 is 0 Å². The van der Waals surface area contributed by atoms with Crippen molar-refractivity contribution in [1.82, 2.24) is 10.2 Å². The first-order valence-electron chi connectivity index (χ1n) is 8.51. The Kier molecular flexibility index (Phi) is 5.52. The normalized spacial score (nSPS) is 21.3. The number of carbonyl (C=O) groups excluding carboxylic acids is 2. The largest absolute Gasteiger partial charge is 0.444 e. The van der Waals surface area contributed by atoms with Gasteiger partial charge in [-0.3, -0.25) is 4.79 Å². The molecule has 5 nitrogen and oxygen atoms in total. The van der Waals surface area contributed by atoms with Gasteiger partial charge in [0.2, 0.25) is 0 Å². The lowest BCUT2D eigenvalue weighted by Crippen LogP contribution is -2.52. The lowest BCUT2D eigenvalue weighted by atomic mass is 9.93. The maximum atomic E-state index is 12.6. The Morgan fingerprint density at radius 2 is 1.83 bits per heavy atom. The highest BCUT2D eigenvalue weighted by Crippen LogP contribution is 2.20. The summed E-state index contributed by atoms with van der Waals surface area (Å²) in [5, 5.41) is 2.93. The van der Waals surface area contributed by atoms with E-state index in [0.29, 0.717) is 18.7 Å². The summed E-state index contributed by atoms with van der Waals surface area (Å²) in [6, 6.07) is 7.67. The number of rotatable bonds is 2. The van der Waals surface area contributed by atoms with E-state index in [4.69, 9.17) is 4.74 Å². The molecule has 2 rings (SSSR count). The van der Waals surface area contributed by atoms with Crippen molar-refractivity contribution in [2.45, 2.75) is 52.7 Å². The third-order valence-corrected chi connectivity index (χ3v) is 4.19. The third kappa shape index (κ3) is 4.98. The first-order valence-corrected chi connectivity index (χ1v) is 8.51. The van der Waals surface area contributed by atoms with Crippen molar-refractivity contribution in [3.63, 3.8) is 0 Å². The fourth-order valence-corrected chi connectivity index (χ4v) is 2.88. The molecule has 5 heteroatoms. The van der Waals surface area contributed by atoms with Gasteiger partial charge in [0.15, 0.2) is 0 Å². The quantitative estimate of drug-likeness (QED) is 0.903. The fourth-order valence-electron chi connectivity index (χ4n) is 2.88. The molecule has 0 aromatic heterocycles. The molecule has 0 aliphatic carbocycles. The third-order valence-electron chi connectivity index (χ3n) is 4.19. The van der Waals surface area contributed by atoms with Gasteiger partial charge in [-0.05, 0) is 52.2 Å². The standard InChI is InChI=1S/C19H28N2O3/c1-13-6-8-15(9-7-13)17(22)21-11-10-16(14(2)12-21)20-18(23)24-19(3,4)5/h6-9,14,16H,10-12H2,1-5H3,(H,20,23)/t14-,16-/m1/s1. The number of amides is 2. The summed E-state index contributed by atoms with van der Waals surface area (Å²) in [6.45, 7) is 10.9. The maximum Gasteiger partial charge on any atom is 0.407 e. The minimum atomic E-state index is -0.505. The molecule has 24 heavy (non-hydrogen) atoms. The minimum Gasteiger partial charge on any atom is -0.444 e. The number of nitrogens with one attached hydrogen (secondary N) is 1. The second kappa shape index (κ2) is 7.24. The van der Waals surface area contributed by atoms with Crippen LogP contribution >= 0.6 is 0 Å². The van der Waals surface area contributed by atoms with Crippen molar-refractivity contribution >= 4 is 12.0 Å². The van der Waals surface area contributed by atoms with Crippen molar-refractivity contribution in [3.8, 4) is 0 Å². The van der Waals surface area contributed by atoms with Crippen LogP contribution in [0.15, 0.2) is 24.3 Å². The Morgan fingerprint density at radius 1 is 1.21 bits per heavy atom. The Labute approximate surface area is 144 Å². The van der Waals surface area contributed by atoms with Crippen LogP contribution < -0.4 is 5.32 Å². The zero-order chi connectivity index (χ0) is 17.9. The number of nitrogens with zero attached hydrogens (tertiary/aromatic N) is 1. The Hall–Kier alpha value is -2.04. The molecule has 1 N–H and O–H groups in total. The molecule has 1 aromatic carbocycles. The summed E-state index contributed by atoms with van der Waals surface area (Å²) < 4.78 is 5.31. The molecule has 0 bridgehead atoms. The van der Waals surface area contributed by atoms with Crippen LogP contribution in [0.3, 0.4) is 0 Å². The van der Waals surface area contributed by atoms with Gasteiger partial charge in [-0.2, -0.15) is 0 Å². The van der Waals surface area contributed by atoms with Gasteiger partial charge in [0.05, 0.1) is 0 Å². The number of aryl methyl sites for hydroxylation is 1. The number of piperidine rings is 1. The van der Waals surface area contributed by atoms with Crippen LogP contribution in [-0.4, -0.2) is 41.6 Å². The van der Waals surface area contributed by atoms with E-state index in [0.717, 1.165) is 12.0 Å². The molecule has 2 atom stereocenters. The summed E-state index contributed by atoms with van der Waals surface area (Å²) in [5.74, 6) is 0.234. The number of likely N-dealkylation sites (tertiary alicyclic amines) is 1. The predicted molar refractivity (Wildman–Crippen MR) is 94.0 cm³/mol. The zero-order valence-electron chi connectivity index (χ0n) is 15.3. The van der Waals surface area contributed by atoms with Crippen LogP contribution in [0.4, 0.5) is 4.79 Å². The van der Waals surface area contributed by atoms with Crippen molar-refractivity contribution in [2.24, 2.45) is 5.92 Å². The monoisotopic (exact) mass is 332 g/mol. The summed E-state index contributed by atoms with van der Waals surface area (Å²) in [6.07, 6.45) is 0.343. The van der Waals surface area contributed by atoms with Crippen LogP contribution in [0.1, 0.15) is 50.0 Å². The smallest absolute Gasteiger partial charge is 0.407 e. The van der Waals surface area contributed by atoms with Crippen LogP contribution in [-0.2, 0) is 4.74 Å². The molecule has 132 valence electrons. The molecule has 1 aromatic rings. The molecular formula is C19H28N2O3. The maximum absolute atomic E-state index is 12.6. The van der Waals surface area contributed by atoms with Gasteiger partial charge in [0.25, 0.3) is 5.91 Å². The minimum absolute atomic E-state index is 0.0296. The van der Waals surface area contributed by atoms with Gasteiger partial charge in [-0.25, -0.2) is 4.79 Å². The van der Waals surface area contributed by atoms with Crippen LogP contribution in [0.25, 0.3) is 0 Å². The lowest BCUT2D eigenvalue weighted by Gasteiger charge is -2.37. The highest BCUT2D eigenvalue weighted by molar-refractivity contribution is 5.94. The summed E-state index contributed by atoms with van der Waals surface area (Å²) in [4.78, 5) is 26.4. The lowest BCUT2D eigenvalue weighted by molar-refractivity contribution is 0.0431. The molecule has 0 unspecified atom stereocenters. The number of ether oxygens (including phenoxy) is 1. The van der Waals surface area contributed by atoms with Crippen molar-refractivity contribution in [2.75, 3.05) is 13.1 Å². The molecule has 0 radical (unpaired) electrons. The van der Waals surface area contributed by atoms with Crippen molar-refractivity contribution in [3.05, 3.63) is 35.4 Å². The van der Waals surface area contributed by atoms with Gasteiger partial charge in [-0.1, -0.05) is 24.6 Å². The van der Waals surface area contributed by atoms with E-state index in [2.05, 4.69) is 12.2 Å². The summed E-state index contributed by atoms with van der Waals surface area (Å²) >= 11 is 0. The first-order chi connectivity index (χ1) is 11.2. The average molecular weight is 332 g/mol. The Balaban J connectivity index is 1.91. The molecule has 0 saturated carbocycles. The molecule has 1 fully saturated rings. The second-order valence-corrected chi connectivity index (χ2v) is 7.64. The molecule has 0 spiro atoms. The highest BCUT2D eigenvalue weighted by Gasteiger charge is 2.31. The molecule has 1 aliphatic rings. The Morgan fingerprint density at radius 3 is 2.38 bits per heavy atom. The summed E-state index contributed by atoms with van der Waals surface area (Å²) in [7, 11) is 0. The predicted octanol–water partition coefficient (Wildman–Crippen LogP) is 3.37. The molecule has 2 amide bonds. The number of hydrogen-bond donors (Lipinski definition) is 1. The van der Waals surface area contributed by atoms with E-state index in [1.165, 1.54) is 0 Å². The van der Waals surface area contributed by atoms with Crippen LogP contribution in [0.2, 0.25) is 0 Å². The van der Waals surface area contributed by atoms with Gasteiger partial charge >= 0.3 is 6.09 Å². The van der Waals surface area contributed by atoms with Crippen molar-refractivity contribution in [1.29, 1.82) is 0 Å². The van der Waals surface area contributed by atoms with E-state index in [1.807, 2.05) is 56.9 Å². The topological polar surface area (TPSA) is 58.6 Å². The fraction of sp³-hybridized carbons (Fsp3) is 0.579. The molecule has 1 aliphatic heterocycles. The molecule has 1 saturated heterocycles. The number of benzene rings is 1. The zero-order valence-corrected chi connectivity index (χ0v) is 15.3.